The van der Waals surface area contributed by atoms with E-state index in [2.05, 4.69) is 47.9 Å². The van der Waals surface area contributed by atoms with Gasteiger partial charge in [0.05, 0.1) is 13.2 Å². The number of aliphatic imine (C=N–C) groups is 1. The van der Waals surface area contributed by atoms with Gasteiger partial charge in [-0.3, -0.25) is 0 Å². The molecular formula is C22H39IN4O2S. The summed E-state index contributed by atoms with van der Waals surface area (Å²) in [7, 11) is 3.80. The first-order chi connectivity index (χ1) is 14.1. The summed E-state index contributed by atoms with van der Waals surface area (Å²) in [6.07, 6.45) is 5.93. The molecular weight excluding hydrogens is 511 g/mol. The van der Waals surface area contributed by atoms with E-state index in [0.717, 1.165) is 48.8 Å². The Morgan fingerprint density at radius 1 is 1.27 bits per heavy atom. The Hall–Kier alpha value is -0.710. The number of nitrogens with zero attached hydrogens (tertiary/aromatic N) is 2. The molecule has 0 radical (unpaired) electrons. The summed E-state index contributed by atoms with van der Waals surface area (Å²) < 4.78 is 11.0. The summed E-state index contributed by atoms with van der Waals surface area (Å²) in [6.45, 7) is 6.80. The molecule has 8 heteroatoms. The van der Waals surface area contributed by atoms with Crippen molar-refractivity contribution in [3.63, 3.8) is 0 Å². The quantitative estimate of drug-likeness (QED) is 0.236. The standard InChI is InChI=1S/C22H38N4O2S.HI/c1-5-23-22(25-19-9-10-21(16-19)29-4)24-17-18-7-6-8-20(15-18)28-14-12-26(2)11-13-27-3;/h6-8,15,19,21H,5,9-14,16-17H2,1-4H3,(H2,23,24,25);1H. The van der Waals surface area contributed by atoms with Gasteiger partial charge in [-0.2, -0.15) is 11.8 Å². The summed E-state index contributed by atoms with van der Waals surface area (Å²) >= 11 is 1.98. The number of thioether (sulfide) groups is 1. The van der Waals surface area contributed by atoms with Crippen LogP contribution in [-0.2, 0) is 11.3 Å². The molecule has 0 aliphatic heterocycles. The molecule has 0 heterocycles. The van der Waals surface area contributed by atoms with Gasteiger partial charge in [0.1, 0.15) is 12.4 Å². The van der Waals surface area contributed by atoms with Crippen molar-refractivity contribution in [3.05, 3.63) is 29.8 Å². The second kappa shape index (κ2) is 16.0. The maximum absolute atomic E-state index is 5.92. The molecule has 1 aromatic carbocycles. The molecule has 1 aliphatic carbocycles. The predicted molar refractivity (Wildman–Crippen MR) is 140 cm³/mol. The molecule has 0 amide bonds. The molecule has 1 aliphatic rings. The van der Waals surface area contributed by atoms with Crippen molar-refractivity contribution in [3.8, 4) is 5.75 Å². The number of benzene rings is 1. The second-order valence-corrected chi connectivity index (χ2v) is 8.64. The third kappa shape index (κ3) is 10.5. The van der Waals surface area contributed by atoms with Crippen molar-refractivity contribution >= 4 is 41.7 Å². The van der Waals surface area contributed by atoms with Crippen LogP contribution in [0.3, 0.4) is 0 Å². The van der Waals surface area contributed by atoms with E-state index in [9.17, 15) is 0 Å². The Kier molecular flexibility index (Phi) is 14.6. The molecule has 2 N–H and O–H groups in total. The zero-order chi connectivity index (χ0) is 20.9. The number of rotatable bonds is 12. The summed E-state index contributed by atoms with van der Waals surface area (Å²) in [4.78, 5) is 7.00. The van der Waals surface area contributed by atoms with Gasteiger partial charge < -0.3 is 25.0 Å². The van der Waals surface area contributed by atoms with Gasteiger partial charge in [-0.15, -0.1) is 24.0 Å². The summed E-state index contributed by atoms with van der Waals surface area (Å²) in [5.41, 5.74) is 1.15. The minimum absolute atomic E-state index is 0. The molecule has 0 spiro atoms. The van der Waals surface area contributed by atoms with Gasteiger partial charge in [0.2, 0.25) is 0 Å². The number of likely N-dealkylation sites (N-methyl/N-ethyl adjacent to an activating group) is 1. The lowest BCUT2D eigenvalue weighted by Crippen LogP contribution is -2.42. The molecule has 2 rings (SSSR count). The highest BCUT2D eigenvalue weighted by Gasteiger charge is 2.24. The van der Waals surface area contributed by atoms with E-state index in [4.69, 9.17) is 14.5 Å². The minimum atomic E-state index is 0. The Morgan fingerprint density at radius 3 is 2.77 bits per heavy atom. The van der Waals surface area contributed by atoms with E-state index < -0.39 is 0 Å². The normalized spacial score (nSPS) is 18.9. The van der Waals surface area contributed by atoms with Crippen LogP contribution in [0.5, 0.6) is 5.75 Å². The van der Waals surface area contributed by atoms with Gasteiger partial charge in [0, 0.05) is 38.0 Å². The molecule has 172 valence electrons. The topological polar surface area (TPSA) is 58.1 Å². The number of methoxy groups -OCH3 is 1. The van der Waals surface area contributed by atoms with Crippen molar-refractivity contribution in [1.82, 2.24) is 15.5 Å². The summed E-state index contributed by atoms with van der Waals surface area (Å²) in [5, 5.41) is 7.76. The average molecular weight is 551 g/mol. The van der Waals surface area contributed by atoms with E-state index in [1.807, 2.05) is 23.9 Å². The van der Waals surface area contributed by atoms with Gasteiger partial charge >= 0.3 is 0 Å². The molecule has 1 fully saturated rings. The first-order valence-corrected chi connectivity index (χ1v) is 11.9. The van der Waals surface area contributed by atoms with Gasteiger partial charge in [0.15, 0.2) is 5.96 Å². The predicted octanol–water partition coefficient (Wildman–Crippen LogP) is 3.60. The lowest BCUT2D eigenvalue weighted by Gasteiger charge is -2.17. The van der Waals surface area contributed by atoms with E-state index in [0.29, 0.717) is 19.2 Å². The second-order valence-electron chi connectivity index (χ2n) is 7.50. The smallest absolute Gasteiger partial charge is 0.191 e. The summed E-state index contributed by atoms with van der Waals surface area (Å²) in [6, 6.07) is 8.75. The molecule has 1 saturated carbocycles. The monoisotopic (exact) mass is 550 g/mol. The van der Waals surface area contributed by atoms with E-state index >= 15 is 0 Å². The SMILES string of the molecule is CCNC(=NCc1cccc(OCCN(C)CCOC)c1)NC1CCC(SC)C1.I. The van der Waals surface area contributed by atoms with Crippen LogP contribution in [0, 0.1) is 0 Å². The van der Waals surface area contributed by atoms with Crippen molar-refractivity contribution in [2.75, 3.05) is 53.3 Å². The van der Waals surface area contributed by atoms with Crippen LogP contribution in [0.2, 0.25) is 0 Å². The minimum Gasteiger partial charge on any atom is -0.492 e. The van der Waals surface area contributed by atoms with Gasteiger partial charge in [0.25, 0.3) is 0 Å². The lowest BCUT2D eigenvalue weighted by molar-refractivity contribution is 0.150. The average Bonchev–Trinajstić information content (AvgIpc) is 3.18. The largest absolute Gasteiger partial charge is 0.492 e. The van der Waals surface area contributed by atoms with Gasteiger partial charge in [-0.25, -0.2) is 4.99 Å². The van der Waals surface area contributed by atoms with Crippen molar-refractivity contribution in [1.29, 1.82) is 0 Å². The van der Waals surface area contributed by atoms with Crippen molar-refractivity contribution < 1.29 is 9.47 Å². The maximum Gasteiger partial charge on any atom is 0.191 e. The molecule has 0 bridgehead atoms. The molecule has 30 heavy (non-hydrogen) atoms. The number of guanidine groups is 1. The van der Waals surface area contributed by atoms with Crippen LogP contribution in [0.15, 0.2) is 29.3 Å². The zero-order valence-corrected chi connectivity index (χ0v) is 22.0. The lowest BCUT2D eigenvalue weighted by atomic mass is 10.2. The summed E-state index contributed by atoms with van der Waals surface area (Å²) in [5.74, 6) is 1.81. The first-order valence-electron chi connectivity index (χ1n) is 10.6. The van der Waals surface area contributed by atoms with E-state index in [-0.39, 0.29) is 24.0 Å². The molecule has 0 aromatic heterocycles. The van der Waals surface area contributed by atoms with Crippen LogP contribution in [0.25, 0.3) is 0 Å². The molecule has 1 aromatic rings. The number of hydrogen-bond donors (Lipinski definition) is 2. The first kappa shape index (κ1) is 27.3. The highest BCUT2D eigenvalue weighted by Crippen LogP contribution is 2.28. The van der Waals surface area contributed by atoms with Crippen molar-refractivity contribution in [2.45, 2.75) is 44.0 Å². The Balaban J connectivity index is 0.00000450. The number of hydrogen-bond acceptors (Lipinski definition) is 5. The Labute approximate surface area is 204 Å². The van der Waals surface area contributed by atoms with Crippen LogP contribution in [0.4, 0.5) is 0 Å². The van der Waals surface area contributed by atoms with E-state index in [1.165, 1.54) is 19.3 Å². The van der Waals surface area contributed by atoms with Gasteiger partial charge in [-0.1, -0.05) is 12.1 Å². The van der Waals surface area contributed by atoms with Crippen molar-refractivity contribution in [2.24, 2.45) is 4.99 Å². The van der Waals surface area contributed by atoms with Gasteiger partial charge in [-0.05, 0) is 57.2 Å². The van der Waals surface area contributed by atoms with Crippen LogP contribution in [0.1, 0.15) is 31.7 Å². The van der Waals surface area contributed by atoms with E-state index in [1.54, 1.807) is 7.11 Å². The fraction of sp³-hybridized carbons (Fsp3) is 0.682. The molecule has 6 nitrogen and oxygen atoms in total. The third-order valence-electron chi connectivity index (χ3n) is 5.14. The Bertz CT molecular complexity index is 621. The molecule has 0 saturated heterocycles. The van der Waals surface area contributed by atoms with Crippen LogP contribution >= 0.6 is 35.7 Å². The molecule has 2 unspecified atom stereocenters. The number of halogens is 1. The van der Waals surface area contributed by atoms with Crippen LogP contribution < -0.4 is 15.4 Å². The number of ether oxygens (including phenoxy) is 2. The highest BCUT2D eigenvalue weighted by molar-refractivity contribution is 14.0. The third-order valence-corrected chi connectivity index (χ3v) is 6.23. The molecule has 2 atom stereocenters. The zero-order valence-electron chi connectivity index (χ0n) is 18.9. The fourth-order valence-electron chi connectivity index (χ4n) is 3.38. The highest BCUT2D eigenvalue weighted by atomic mass is 127. The fourth-order valence-corrected chi connectivity index (χ4v) is 4.18. The maximum atomic E-state index is 5.92. The Morgan fingerprint density at radius 2 is 2.07 bits per heavy atom. The number of nitrogens with one attached hydrogen (secondary N) is 2. The van der Waals surface area contributed by atoms with Crippen LogP contribution in [-0.4, -0.2) is 75.4 Å².